The van der Waals surface area contributed by atoms with E-state index in [1.165, 1.54) is 0 Å². The molecule has 0 spiro atoms. The van der Waals surface area contributed by atoms with E-state index in [2.05, 4.69) is 21.6 Å². The zero-order chi connectivity index (χ0) is 18.1. The van der Waals surface area contributed by atoms with Crippen molar-refractivity contribution in [2.24, 2.45) is 0 Å². The average molecular weight is 349 g/mol. The van der Waals surface area contributed by atoms with Gasteiger partial charge in [-0.15, -0.1) is 0 Å². The van der Waals surface area contributed by atoms with Crippen LogP contribution < -0.4 is 4.90 Å². The summed E-state index contributed by atoms with van der Waals surface area (Å²) in [5, 5.41) is 0. The van der Waals surface area contributed by atoms with Crippen LogP contribution in [0, 0.1) is 0 Å². The molecule has 0 aromatic carbocycles. The van der Waals surface area contributed by atoms with Crippen LogP contribution in [0.1, 0.15) is 23.6 Å². The van der Waals surface area contributed by atoms with Gasteiger partial charge in [-0.2, -0.15) is 0 Å². The number of aromatic nitrogens is 3. The van der Waals surface area contributed by atoms with Gasteiger partial charge in [0.25, 0.3) is 0 Å². The van der Waals surface area contributed by atoms with Crippen molar-refractivity contribution >= 4 is 17.2 Å². The van der Waals surface area contributed by atoms with Crippen molar-refractivity contribution in [3.05, 3.63) is 60.3 Å². The topological polar surface area (TPSA) is 53.7 Å². The lowest BCUT2D eigenvalue weighted by molar-refractivity contribution is -0.129. The Morgan fingerprint density at radius 3 is 2.96 bits per heavy atom. The number of carbonyl (C=O) groups excluding carboxylic acids is 1. The van der Waals surface area contributed by atoms with Crippen molar-refractivity contribution in [2.75, 3.05) is 32.1 Å². The van der Waals surface area contributed by atoms with Crippen molar-refractivity contribution < 1.29 is 4.79 Å². The minimum Gasteiger partial charge on any atom is -0.361 e. The smallest absolute Gasteiger partial charge is 0.227 e. The van der Waals surface area contributed by atoms with Gasteiger partial charge in [0.05, 0.1) is 17.6 Å². The summed E-state index contributed by atoms with van der Waals surface area (Å²) in [5.41, 5.74) is 3.11. The van der Waals surface area contributed by atoms with E-state index in [9.17, 15) is 4.79 Å². The normalized spacial score (nSPS) is 17.0. The Kier molecular flexibility index (Phi) is 4.32. The van der Waals surface area contributed by atoms with Gasteiger partial charge in [-0.1, -0.05) is 6.07 Å². The highest BCUT2D eigenvalue weighted by atomic mass is 16.2. The van der Waals surface area contributed by atoms with E-state index in [-0.39, 0.29) is 11.8 Å². The van der Waals surface area contributed by atoms with Gasteiger partial charge < -0.3 is 14.2 Å². The van der Waals surface area contributed by atoms with Crippen molar-refractivity contribution in [1.82, 2.24) is 19.3 Å². The van der Waals surface area contributed by atoms with Crippen LogP contribution >= 0.6 is 0 Å². The molecule has 0 bridgehead atoms. The molecule has 134 valence electrons. The Labute approximate surface area is 153 Å². The van der Waals surface area contributed by atoms with E-state index in [4.69, 9.17) is 4.98 Å². The maximum absolute atomic E-state index is 12.6. The third kappa shape index (κ3) is 3.14. The van der Waals surface area contributed by atoms with Gasteiger partial charge in [-0.3, -0.25) is 9.78 Å². The second kappa shape index (κ2) is 6.78. The van der Waals surface area contributed by atoms with E-state index >= 15 is 0 Å². The van der Waals surface area contributed by atoms with Crippen molar-refractivity contribution in [3.63, 3.8) is 0 Å². The largest absolute Gasteiger partial charge is 0.361 e. The van der Waals surface area contributed by atoms with Crippen molar-refractivity contribution in [3.8, 4) is 0 Å². The van der Waals surface area contributed by atoms with E-state index in [1.54, 1.807) is 12.4 Å². The molecule has 4 heterocycles. The summed E-state index contributed by atoms with van der Waals surface area (Å²) in [6, 6.07) is 7.92. The Hall–Kier alpha value is -2.89. The fraction of sp³-hybridized carbons (Fsp3) is 0.350. The number of pyridine rings is 1. The van der Waals surface area contributed by atoms with E-state index in [1.807, 2.05) is 48.3 Å². The summed E-state index contributed by atoms with van der Waals surface area (Å²) >= 11 is 0. The second-order valence-corrected chi connectivity index (χ2v) is 7.05. The molecule has 1 aliphatic rings. The summed E-state index contributed by atoms with van der Waals surface area (Å²) in [6.45, 7) is 1.51. The molecular formula is C20H23N5O. The molecule has 0 radical (unpaired) electrons. The third-order valence-corrected chi connectivity index (χ3v) is 4.98. The molecule has 1 fully saturated rings. The first-order chi connectivity index (χ1) is 12.6. The van der Waals surface area contributed by atoms with Crippen LogP contribution in [0.25, 0.3) is 5.52 Å². The Bertz CT molecular complexity index is 918. The zero-order valence-electron chi connectivity index (χ0n) is 15.2. The van der Waals surface area contributed by atoms with Gasteiger partial charge in [0, 0.05) is 57.9 Å². The van der Waals surface area contributed by atoms with Crippen molar-refractivity contribution in [2.45, 2.75) is 18.8 Å². The standard InChI is InChI=1S/C20H23N5O/c1-23(2)20-18-6-4-9-24(18)14-17(22-20)16-7-10-25(13-16)19(26)11-15-5-3-8-21-12-15/h3-6,8-9,12,14,16H,7,10-11,13H2,1-2H3. The van der Waals surface area contributed by atoms with Gasteiger partial charge in [0.15, 0.2) is 5.82 Å². The first kappa shape index (κ1) is 16.6. The maximum atomic E-state index is 12.6. The molecule has 1 atom stereocenters. The van der Waals surface area contributed by atoms with Crippen LogP contribution in [0.5, 0.6) is 0 Å². The lowest BCUT2D eigenvalue weighted by Crippen LogP contribution is -2.30. The monoisotopic (exact) mass is 349 g/mol. The predicted molar refractivity (Wildman–Crippen MR) is 101 cm³/mol. The lowest BCUT2D eigenvalue weighted by atomic mass is 10.1. The van der Waals surface area contributed by atoms with Crippen LogP contribution in [-0.4, -0.2) is 52.4 Å². The number of rotatable bonds is 4. The first-order valence-electron chi connectivity index (χ1n) is 8.93. The first-order valence-corrected chi connectivity index (χ1v) is 8.93. The number of fused-ring (bicyclic) bond motifs is 1. The second-order valence-electron chi connectivity index (χ2n) is 7.05. The van der Waals surface area contributed by atoms with E-state index in [0.29, 0.717) is 6.42 Å². The molecule has 1 aliphatic heterocycles. The molecule has 0 saturated carbocycles. The molecule has 1 unspecified atom stereocenters. The predicted octanol–water partition coefficient (Wildman–Crippen LogP) is 2.35. The molecule has 26 heavy (non-hydrogen) atoms. The molecule has 3 aromatic rings. The Balaban J connectivity index is 1.52. The highest BCUT2D eigenvalue weighted by molar-refractivity contribution is 5.79. The van der Waals surface area contributed by atoms with Crippen LogP contribution in [0.15, 0.2) is 49.1 Å². The molecule has 0 N–H and O–H groups in total. The quantitative estimate of drug-likeness (QED) is 0.726. The van der Waals surface area contributed by atoms with Crippen LogP contribution in [0.4, 0.5) is 5.82 Å². The molecule has 1 amide bonds. The van der Waals surface area contributed by atoms with Gasteiger partial charge >= 0.3 is 0 Å². The fourth-order valence-electron chi connectivity index (χ4n) is 3.59. The number of likely N-dealkylation sites (tertiary alicyclic amines) is 1. The highest BCUT2D eigenvalue weighted by Crippen LogP contribution is 2.29. The molecule has 3 aromatic heterocycles. The summed E-state index contributed by atoms with van der Waals surface area (Å²) in [4.78, 5) is 25.6. The van der Waals surface area contributed by atoms with Crippen molar-refractivity contribution in [1.29, 1.82) is 0 Å². The summed E-state index contributed by atoms with van der Waals surface area (Å²) < 4.78 is 2.12. The van der Waals surface area contributed by atoms with Gasteiger partial charge in [0.1, 0.15) is 0 Å². The van der Waals surface area contributed by atoms with Crippen LogP contribution in [0.3, 0.4) is 0 Å². The number of hydrogen-bond acceptors (Lipinski definition) is 4. The SMILES string of the molecule is CN(C)c1nc(C2CCN(C(=O)Cc3cccnc3)C2)cn2cccc12. The summed E-state index contributed by atoms with van der Waals surface area (Å²) in [5.74, 6) is 1.40. The molecule has 0 aliphatic carbocycles. The minimum absolute atomic E-state index is 0.162. The van der Waals surface area contributed by atoms with Gasteiger partial charge in [-0.25, -0.2) is 4.98 Å². The number of hydrogen-bond donors (Lipinski definition) is 0. The third-order valence-electron chi connectivity index (χ3n) is 4.98. The molecular weight excluding hydrogens is 326 g/mol. The maximum Gasteiger partial charge on any atom is 0.227 e. The van der Waals surface area contributed by atoms with Crippen LogP contribution in [-0.2, 0) is 11.2 Å². The molecule has 6 nitrogen and oxygen atoms in total. The number of carbonyl (C=O) groups is 1. The molecule has 4 rings (SSSR count). The zero-order valence-corrected chi connectivity index (χ0v) is 15.2. The van der Waals surface area contributed by atoms with E-state index < -0.39 is 0 Å². The number of nitrogens with zero attached hydrogens (tertiary/aromatic N) is 5. The summed E-state index contributed by atoms with van der Waals surface area (Å²) in [7, 11) is 4.02. The minimum atomic E-state index is 0.162. The van der Waals surface area contributed by atoms with Crippen LogP contribution in [0.2, 0.25) is 0 Å². The molecule has 1 saturated heterocycles. The van der Waals surface area contributed by atoms with Gasteiger partial charge in [-0.05, 0) is 30.2 Å². The average Bonchev–Trinajstić information content (AvgIpc) is 3.31. The molecule has 6 heteroatoms. The fourth-order valence-corrected chi connectivity index (χ4v) is 3.59. The summed E-state index contributed by atoms with van der Waals surface area (Å²) in [6.07, 6.45) is 9.00. The lowest BCUT2D eigenvalue weighted by Gasteiger charge is -2.19. The highest BCUT2D eigenvalue weighted by Gasteiger charge is 2.29. The number of amides is 1. The number of anilines is 1. The Morgan fingerprint density at radius 1 is 1.31 bits per heavy atom. The Morgan fingerprint density at radius 2 is 2.19 bits per heavy atom. The van der Waals surface area contributed by atoms with Gasteiger partial charge in [0.2, 0.25) is 5.91 Å². The van der Waals surface area contributed by atoms with E-state index in [0.717, 1.165) is 42.1 Å².